The third-order valence-electron chi connectivity index (χ3n) is 2.95. The van der Waals surface area contributed by atoms with Crippen molar-refractivity contribution < 1.29 is 23.8 Å². The first-order valence-corrected chi connectivity index (χ1v) is 7.22. The number of carbonyl (C=O) groups is 2. The summed E-state index contributed by atoms with van der Waals surface area (Å²) in [6.45, 7) is -0.469. The molecule has 0 aliphatic carbocycles. The van der Waals surface area contributed by atoms with Crippen LogP contribution in [0, 0.1) is 0 Å². The van der Waals surface area contributed by atoms with Gasteiger partial charge < -0.3 is 19.5 Å². The van der Waals surface area contributed by atoms with Gasteiger partial charge in [0.2, 0.25) is 0 Å². The Morgan fingerprint density at radius 1 is 1.17 bits per heavy atom. The summed E-state index contributed by atoms with van der Waals surface area (Å²) in [5.74, 6) is -0.295. The van der Waals surface area contributed by atoms with Gasteiger partial charge >= 0.3 is 5.97 Å². The van der Waals surface area contributed by atoms with Crippen LogP contribution in [0.2, 0.25) is 5.02 Å². The molecule has 126 valence electrons. The highest BCUT2D eigenvalue weighted by Crippen LogP contribution is 2.31. The van der Waals surface area contributed by atoms with E-state index < -0.39 is 18.5 Å². The van der Waals surface area contributed by atoms with E-state index in [1.54, 1.807) is 18.2 Å². The van der Waals surface area contributed by atoms with Crippen molar-refractivity contribution in [2.75, 3.05) is 26.1 Å². The van der Waals surface area contributed by atoms with E-state index in [1.807, 2.05) is 0 Å². The van der Waals surface area contributed by atoms with Gasteiger partial charge in [-0.3, -0.25) is 4.79 Å². The van der Waals surface area contributed by atoms with Crippen molar-refractivity contribution in [1.29, 1.82) is 0 Å². The zero-order valence-electron chi connectivity index (χ0n) is 13.0. The molecule has 0 aliphatic heterocycles. The Balaban J connectivity index is 1.98. The van der Waals surface area contributed by atoms with E-state index in [0.717, 1.165) is 0 Å². The number of nitrogens with zero attached hydrogens (tertiary/aromatic N) is 1. The molecule has 2 rings (SSSR count). The Kier molecular flexibility index (Phi) is 5.97. The molecule has 0 spiro atoms. The number of nitrogens with one attached hydrogen (secondary N) is 1. The normalized spacial score (nSPS) is 9.96. The van der Waals surface area contributed by atoms with Gasteiger partial charge in [-0.1, -0.05) is 17.7 Å². The summed E-state index contributed by atoms with van der Waals surface area (Å²) in [5.41, 5.74) is 0.161. The lowest BCUT2D eigenvalue weighted by atomic mass is 10.2. The number of esters is 1. The molecule has 1 aromatic carbocycles. The number of pyridine rings is 1. The maximum absolute atomic E-state index is 12.1. The number of anilines is 1. The van der Waals surface area contributed by atoms with Crippen LogP contribution in [0.25, 0.3) is 0 Å². The van der Waals surface area contributed by atoms with E-state index in [1.165, 1.54) is 32.5 Å². The molecule has 1 heterocycles. The highest BCUT2D eigenvalue weighted by atomic mass is 35.5. The second-order valence-corrected chi connectivity index (χ2v) is 4.96. The fraction of sp³-hybridized carbons (Fsp3) is 0.188. The Morgan fingerprint density at radius 3 is 2.58 bits per heavy atom. The smallest absolute Gasteiger partial charge is 0.342 e. The molecule has 0 unspecified atom stereocenters. The lowest BCUT2D eigenvalue weighted by Crippen LogP contribution is -2.21. The third-order valence-corrected chi connectivity index (χ3v) is 3.18. The van der Waals surface area contributed by atoms with Gasteiger partial charge in [0.25, 0.3) is 5.91 Å². The maximum atomic E-state index is 12.1. The summed E-state index contributed by atoms with van der Waals surface area (Å²) >= 11 is 5.71. The van der Waals surface area contributed by atoms with Crippen molar-refractivity contribution >= 4 is 29.3 Å². The van der Waals surface area contributed by atoms with Crippen LogP contribution in [0.15, 0.2) is 36.5 Å². The standard InChI is InChI=1S/C16H15ClN2O5/c1-22-12-5-3-4-11(15(12)23-2)16(21)24-9-14(20)19-13-7-6-10(17)8-18-13/h3-8H,9H2,1-2H3,(H,18,19,20). The van der Waals surface area contributed by atoms with Crippen LogP contribution >= 0.6 is 11.6 Å². The van der Waals surface area contributed by atoms with E-state index >= 15 is 0 Å². The lowest BCUT2D eigenvalue weighted by Gasteiger charge is -2.12. The number of hydrogen-bond acceptors (Lipinski definition) is 6. The molecular weight excluding hydrogens is 336 g/mol. The van der Waals surface area contributed by atoms with Gasteiger partial charge in [0.1, 0.15) is 11.4 Å². The van der Waals surface area contributed by atoms with Crippen LogP contribution in [0.4, 0.5) is 5.82 Å². The van der Waals surface area contributed by atoms with Crippen LogP contribution in [-0.2, 0) is 9.53 Å². The number of ether oxygens (including phenoxy) is 3. The van der Waals surface area contributed by atoms with Crippen LogP contribution in [0.3, 0.4) is 0 Å². The molecule has 1 aromatic heterocycles. The second-order valence-electron chi connectivity index (χ2n) is 4.53. The van der Waals surface area contributed by atoms with Crippen molar-refractivity contribution in [2.24, 2.45) is 0 Å². The Labute approximate surface area is 143 Å². The number of halogens is 1. The van der Waals surface area contributed by atoms with Gasteiger partial charge in [0, 0.05) is 6.20 Å². The summed E-state index contributed by atoms with van der Waals surface area (Å²) in [5, 5.41) is 2.93. The van der Waals surface area contributed by atoms with Gasteiger partial charge in [0.05, 0.1) is 19.2 Å². The summed E-state index contributed by atoms with van der Waals surface area (Å²) in [6.07, 6.45) is 1.39. The van der Waals surface area contributed by atoms with Crippen molar-refractivity contribution in [3.8, 4) is 11.5 Å². The molecule has 1 N–H and O–H groups in total. The van der Waals surface area contributed by atoms with Crippen LogP contribution in [-0.4, -0.2) is 37.7 Å². The Hall–Kier alpha value is -2.80. The first-order valence-electron chi connectivity index (χ1n) is 6.84. The van der Waals surface area contributed by atoms with Crippen molar-refractivity contribution in [2.45, 2.75) is 0 Å². The van der Waals surface area contributed by atoms with Gasteiger partial charge in [-0.2, -0.15) is 0 Å². The first kappa shape index (κ1) is 17.6. The molecule has 0 fully saturated rings. The molecule has 7 nitrogen and oxygen atoms in total. The van der Waals surface area contributed by atoms with Gasteiger partial charge in [-0.25, -0.2) is 9.78 Å². The van der Waals surface area contributed by atoms with E-state index in [-0.39, 0.29) is 11.3 Å². The number of methoxy groups -OCH3 is 2. The molecule has 24 heavy (non-hydrogen) atoms. The number of hydrogen-bond donors (Lipinski definition) is 1. The summed E-state index contributed by atoms with van der Waals surface area (Å²) in [4.78, 5) is 27.8. The molecule has 2 aromatic rings. The van der Waals surface area contributed by atoms with E-state index in [4.69, 9.17) is 25.8 Å². The number of rotatable bonds is 6. The minimum atomic E-state index is -0.704. The molecule has 0 radical (unpaired) electrons. The Morgan fingerprint density at radius 2 is 1.96 bits per heavy atom. The lowest BCUT2D eigenvalue weighted by molar-refractivity contribution is -0.119. The number of benzene rings is 1. The molecule has 0 atom stereocenters. The zero-order valence-corrected chi connectivity index (χ0v) is 13.8. The number of amides is 1. The van der Waals surface area contributed by atoms with Crippen molar-refractivity contribution in [3.05, 3.63) is 47.1 Å². The molecule has 0 saturated heterocycles. The number of aromatic nitrogens is 1. The molecular formula is C16H15ClN2O5. The number of para-hydroxylation sites is 1. The van der Waals surface area contributed by atoms with Crippen LogP contribution < -0.4 is 14.8 Å². The van der Waals surface area contributed by atoms with Crippen LogP contribution in [0.5, 0.6) is 11.5 Å². The van der Waals surface area contributed by atoms with Gasteiger partial charge in [-0.05, 0) is 24.3 Å². The zero-order chi connectivity index (χ0) is 17.5. The largest absolute Gasteiger partial charge is 0.493 e. The highest BCUT2D eigenvalue weighted by Gasteiger charge is 2.18. The predicted molar refractivity (Wildman–Crippen MR) is 87.7 cm³/mol. The third kappa shape index (κ3) is 4.36. The van der Waals surface area contributed by atoms with E-state index in [9.17, 15) is 9.59 Å². The van der Waals surface area contributed by atoms with Crippen molar-refractivity contribution in [3.63, 3.8) is 0 Å². The monoisotopic (exact) mass is 350 g/mol. The molecule has 0 aliphatic rings. The van der Waals surface area contributed by atoms with Gasteiger partial charge in [-0.15, -0.1) is 0 Å². The van der Waals surface area contributed by atoms with Crippen molar-refractivity contribution in [1.82, 2.24) is 4.98 Å². The molecule has 0 bridgehead atoms. The SMILES string of the molecule is COc1cccc(C(=O)OCC(=O)Nc2ccc(Cl)cn2)c1OC. The summed E-state index contributed by atoms with van der Waals surface area (Å²) in [6, 6.07) is 7.90. The second kappa shape index (κ2) is 8.16. The average molecular weight is 351 g/mol. The minimum absolute atomic E-state index is 0.161. The van der Waals surface area contributed by atoms with Gasteiger partial charge in [0.15, 0.2) is 18.1 Å². The molecule has 0 saturated carbocycles. The molecule has 8 heteroatoms. The minimum Gasteiger partial charge on any atom is -0.493 e. The first-order chi connectivity index (χ1) is 11.5. The highest BCUT2D eigenvalue weighted by molar-refractivity contribution is 6.30. The quantitative estimate of drug-likeness (QED) is 0.806. The predicted octanol–water partition coefficient (Wildman–Crippen LogP) is 2.55. The maximum Gasteiger partial charge on any atom is 0.342 e. The fourth-order valence-corrected chi connectivity index (χ4v) is 2.00. The molecule has 1 amide bonds. The fourth-order valence-electron chi connectivity index (χ4n) is 1.89. The van der Waals surface area contributed by atoms with E-state index in [2.05, 4.69) is 10.3 Å². The topological polar surface area (TPSA) is 86.8 Å². The summed E-state index contributed by atoms with van der Waals surface area (Å²) < 4.78 is 15.3. The summed E-state index contributed by atoms with van der Waals surface area (Å²) in [7, 11) is 2.87. The van der Waals surface area contributed by atoms with Crippen LogP contribution in [0.1, 0.15) is 10.4 Å². The number of carbonyl (C=O) groups excluding carboxylic acids is 2. The Bertz CT molecular complexity index is 734. The average Bonchev–Trinajstić information content (AvgIpc) is 2.60. The van der Waals surface area contributed by atoms with E-state index in [0.29, 0.717) is 16.6 Å².